The lowest BCUT2D eigenvalue weighted by molar-refractivity contribution is -0.136. The topological polar surface area (TPSA) is 70.1 Å². The Labute approximate surface area is 97.4 Å². The van der Waals surface area contributed by atoms with Crippen molar-refractivity contribution in [2.75, 3.05) is 13.6 Å². The molecule has 0 spiro atoms. The van der Waals surface area contributed by atoms with Crippen LogP contribution in [0, 0.1) is 23.2 Å². The number of nitrogens with two attached hydrogens (primary N) is 1. The molecular formula is C12H21N3O. The number of rotatable bonds is 3. The normalized spacial score (nSPS) is 26.9. The maximum Gasteiger partial charge on any atom is 0.227 e. The Balaban J connectivity index is 2.52. The molecule has 90 valence electrons. The van der Waals surface area contributed by atoms with Crippen LogP contribution in [-0.4, -0.2) is 30.4 Å². The van der Waals surface area contributed by atoms with Crippen LogP contribution >= 0.6 is 0 Å². The molecule has 0 heterocycles. The van der Waals surface area contributed by atoms with Crippen LogP contribution in [0.3, 0.4) is 0 Å². The third-order valence-corrected chi connectivity index (χ3v) is 3.28. The highest BCUT2D eigenvalue weighted by Gasteiger charge is 2.30. The van der Waals surface area contributed by atoms with Crippen molar-refractivity contribution in [3.63, 3.8) is 0 Å². The highest BCUT2D eigenvalue weighted by molar-refractivity contribution is 5.79. The summed E-state index contributed by atoms with van der Waals surface area (Å²) in [5, 5.41) is 8.72. The molecule has 3 unspecified atom stereocenters. The fourth-order valence-electron chi connectivity index (χ4n) is 2.29. The molecule has 0 aromatic heterocycles. The first kappa shape index (κ1) is 13.0. The van der Waals surface area contributed by atoms with Crippen LogP contribution in [0.5, 0.6) is 0 Å². The fourth-order valence-corrected chi connectivity index (χ4v) is 2.29. The van der Waals surface area contributed by atoms with Crippen molar-refractivity contribution in [1.82, 2.24) is 4.90 Å². The summed E-state index contributed by atoms with van der Waals surface area (Å²) in [6.45, 7) is 2.32. The summed E-state index contributed by atoms with van der Waals surface area (Å²) in [4.78, 5) is 13.8. The van der Waals surface area contributed by atoms with Gasteiger partial charge in [-0.15, -0.1) is 0 Å². The van der Waals surface area contributed by atoms with Crippen molar-refractivity contribution < 1.29 is 4.79 Å². The van der Waals surface area contributed by atoms with Crippen molar-refractivity contribution >= 4 is 5.91 Å². The van der Waals surface area contributed by atoms with Gasteiger partial charge in [-0.25, -0.2) is 0 Å². The van der Waals surface area contributed by atoms with Crippen molar-refractivity contribution in [3.8, 4) is 6.07 Å². The molecule has 4 nitrogen and oxygen atoms in total. The Bertz CT molecular complexity index is 284. The lowest BCUT2D eigenvalue weighted by Crippen LogP contribution is -2.45. The van der Waals surface area contributed by atoms with Crippen molar-refractivity contribution in [3.05, 3.63) is 0 Å². The van der Waals surface area contributed by atoms with Gasteiger partial charge in [0.05, 0.1) is 17.9 Å². The smallest absolute Gasteiger partial charge is 0.227 e. The third-order valence-electron chi connectivity index (χ3n) is 3.28. The fraction of sp³-hybridized carbons (Fsp3) is 0.833. The van der Waals surface area contributed by atoms with Crippen LogP contribution in [0.1, 0.15) is 32.6 Å². The molecular weight excluding hydrogens is 202 g/mol. The van der Waals surface area contributed by atoms with Gasteiger partial charge in [-0.2, -0.15) is 5.26 Å². The molecule has 0 aromatic rings. The van der Waals surface area contributed by atoms with Gasteiger partial charge in [0.2, 0.25) is 5.91 Å². The van der Waals surface area contributed by atoms with Crippen LogP contribution in [0.15, 0.2) is 0 Å². The molecule has 0 aliphatic heterocycles. The number of hydrogen-bond acceptors (Lipinski definition) is 3. The molecule has 0 radical (unpaired) electrons. The van der Waals surface area contributed by atoms with Gasteiger partial charge in [0, 0.05) is 19.6 Å². The predicted molar refractivity (Wildman–Crippen MR) is 62.3 cm³/mol. The molecule has 3 atom stereocenters. The number of hydrogen-bond donors (Lipinski definition) is 1. The van der Waals surface area contributed by atoms with Crippen LogP contribution < -0.4 is 5.73 Å². The van der Waals surface area contributed by atoms with E-state index in [9.17, 15) is 4.79 Å². The molecule has 0 aromatic carbocycles. The molecule has 2 N–H and O–H groups in total. The number of carbonyl (C=O) groups is 1. The van der Waals surface area contributed by atoms with Crippen molar-refractivity contribution in [1.29, 1.82) is 5.26 Å². The molecule has 1 saturated carbocycles. The molecule has 1 aliphatic carbocycles. The van der Waals surface area contributed by atoms with Gasteiger partial charge >= 0.3 is 0 Å². The van der Waals surface area contributed by atoms with Gasteiger partial charge in [-0.1, -0.05) is 12.8 Å². The number of amides is 1. The Morgan fingerprint density at radius 1 is 1.56 bits per heavy atom. The summed E-state index contributed by atoms with van der Waals surface area (Å²) < 4.78 is 0. The minimum absolute atomic E-state index is 0.00101. The SMILES string of the molecule is CC(C#N)CN(C)C(=O)C1CCCCC1N. The van der Waals surface area contributed by atoms with Gasteiger partial charge in [0.1, 0.15) is 0 Å². The zero-order valence-corrected chi connectivity index (χ0v) is 10.1. The molecule has 0 bridgehead atoms. The lowest BCUT2D eigenvalue weighted by Gasteiger charge is -2.31. The first-order valence-corrected chi connectivity index (χ1v) is 5.96. The molecule has 1 amide bonds. The average Bonchev–Trinajstić information content (AvgIpc) is 2.28. The zero-order chi connectivity index (χ0) is 12.1. The summed E-state index contributed by atoms with van der Waals surface area (Å²) in [6, 6.07) is 2.14. The Morgan fingerprint density at radius 3 is 2.75 bits per heavy atom. The molecule has 1 rings (SSSR count). The van der Waals surface area contributed by atoms with Crippen LogP contribution in [0.25, 0.3) is 0 Å². The highest BCUT2D eigenvalue weighted by Crippen LogP contribution is 2.24. The largest absolute Gasteiger partial charge is 0.344 e. The van der Waals surface area contributed by atoms with E-state index < -0.39 is 0 Å². The Morgan fingerprint density at radius 2 is 2.19 bits per heavy atom. The van der Waals surface area contributed by atoms with Crippen LogP contribution in [0.4, 0.5) is 0 Å². The van der Waals surface area contributed by atoms with E-state index in [4.69, 9.17) is 11.0 Å². The van der Waals surface area contributed by atoms with Crippen LogP contribution in [-0.2, 0) is 4.79 Å². The molecule has 1 aliphatic rings. The van der Waals surface area contributed by atoms with E-state index >= 15 is 0 Å². The van der Waals surface area contributed by atoms with E-state index in [2.05, 4.69) is 6.07 Å². The second-order valence-corrected chi connectivity index (χ2v) is 4.80. The Kier molecular flexibility index (Phi) is 4.75. The van der Waals surface area contributed by atoms with E-state index in [1.54, 1.807) is 11.9 Å². The van der Waals surface area contributed by atoms with E-state index in [1.165, 1.54) is 0 Å². The summed E-state index contributed by atoms with van der Waals surface area (Å²) >= 11 is 0. The second-order valence-electron chi connectivity index (χ2n) is 4.80. The zero-order valence-electron chi connectivity index (χ0n) is 10.1. The van der Waals surface area contributed by atoms with E-state index in [0.29, 0.717) is 6.54 Å². The van der Waals surface area contributed by atoms with E-state index in [0.717, 1.165) is 25.7 Å². The monoisotopic (exact) mass is 223 g/mol. The standard InChI is InChI=1S/C12H21N3O/c1-9(7-13)8-15(2)12(16)10-5-3-4-6-11(10)14/h9-11H,3-6,8,14H2,1-2H3. The minimum Gasteiger partial charge on any atom is -0.344 e. The lowest BCUT2D eigenvalue weighted by atomic mass is 9.84. The van der Waals surface area contributed by atoms with Crippen molar-refractivity contribution in [2.45, 2.75) is 38.6 Å². The summed E-state index contributed by atoms with van der Waals surface area (Å²) in [6.07, 6.45) is 4.05. The first-order valence-electron chi connectivity index (χ1n) is 5.96. The van der Waals surface area contributed by atoms with Gasteiger partial charge in [0.25, 0.3) is 0 Å². The average molecular weight is 223 g/mol. The quantitative estimate of drug-likeness (QED) is 0.779. The van der Waals surface area contributed by atoms with Gasteiger partial charge in [-0.05, 0) is 19.8 Å². The molecule has 16 heavy (non-hydrogen) atoms. The van der Waals surface area contributed by atoms with Gasteiger partial charge < -0.3 is 10.6 Å². The minimum atomic E-state index is -0.117. The van der Waals surface area contributed by atoms with E-state index in [-0.39, 0.29) is 23.8 Å². The predicted octanol–water partition coefficient (Wildman–Crippen LogP) is 1.12. The summed E-state index contributed by atoms with van der Waals surface area (Å²) in [7, 11) is 1.76. The second kappa shape index (κ2) is 5.86. The maximum absolute atomic E-state index is 12.1. The first-order chi connectivity index (χ1) is 7.56. The van der Waals surface area contributed by atoms with Crippen molar-refractivity contribution in [2.24, 2.45) is 17.6 Å². The maximum atomic E-state index is 12.1. The molecule has 0 saturated heterocycles. The van der Waals surface area contributed by atoms with Crippen LogP contribution in [0.2, 0.25) is 0 Å². The Hall–Kier alpha value is -1.08. The molecule has 4 heteroatoms. The number of nitrogens with zero attached hydrogens (tertiary/aromatic N) is 2. The number of nitriles is 1. The van der Waals surface area contributed by atoms with Gasteiger partial charge in [-0.3, -0.25) is 4.79 Å². The highest BCUT2D eigenvalue weighted by atomic mass is 16.2. The summed E-state index contributed by atoms with van der Waals surface area (Å²) in [5.41, 5.74) is 5.97. The summed E-state index contributed by atoms with van der Waals surface area (Å²) in [5.74, 6) is -0.0484. The van der Waals surface area contributed by atoms with Gasteiger partial charge in [0.15, 0.2) is 0 Å². The number of carbonyl (C=O) groups excluding carboxylic acids is 1. The van der Waals surface area contributed by atoms with E-state index in [1.807, 2.05) is 6.92 Å². The third kappa shape index (κ3) is 3.21. The molecule has 1 fully saturated rings.